The quantitative estimate of drug-likeness (QED) is 0.118. The van der Waals surface area contributed by atoms with Gasteiger partial charge in [0.25, 0.3) is 0 Å². The molecule has 0 spiro atoms. The molecule has 6 N–H and O–H groups in total. The Morgan fingerprint density at radius 1 is 0.953 bits per heavy atom. The zero-order chi connectivity index (χ0) is 30.3. The molecule has 2 aromatic carbocycles. The van der Waals surface area contributed by atoms with E-state index in [2.05, 4.69) is 87.8 Å². The summed E-state index contributed by atoms with van der Waals surface area (Å²) >= 11 is 5.56. The third-order valence-electron chi connectivity index (χ3n) is 8.00. The number of benzene rings is 2. The van der Waals surface area contributed by atoms with Gasteiger partial charge in [0.1, 0.15) is 18.1 Å². The van der Waals surface area contributed by atoms with Crippen molar-refractivity contribution in [1.82, 2.24) is 30.2 Å². The lowest BCUT2D eigenvalue weighted by molar-refractivity contribution is -0.00824. The number of ether oxygens (including phenoxy) is 1. The highest BCUT2D eigenvalue weighted by Gasteiger charge is 2.40. The van der Waals surface area contributed by atoms with Gasteiger partial charge in [-0.3, -0.25) is 4.57 Å². The van der Waals surface area contributed by atoms with Crippen LogP contribution in [-0.2, 0) is 4.74 Å². The number of aromatic nitrogens is 4. The summed E-state index contributed by atoms with van der Waals surface area (Å²) in [6.45, 7) is 6.50. The van der Waals surface area contributed by atoms with Crippen molar-refractivity contribution in [2.75, 3.05) is 43.0 Å². The smallest absolute Gasteiger partial charge is 0.167 e. The Morgan fingerprint density at radius 2 is 1.63 bits per heavy atom. The van der Waals surface area contributed by atoms with Crippen molar-refractivity contribution >= 4 is 57.8 Å². The van der Waals surface area contributed by atoms with Crippen LogP contribution in [0.25, 0.3) is 23.3 Å². The number of hydrogen-bond donors (Lipinski definition) is 4. The monoisotopic (exact) mass is 597 g/mol. The Morgan fingerprint density at radius 3 is 2.33 bits per heavy atom. The highest BCUT2D eigenvalue weighted by molar-refractivity contribution is 7.80. The molecule has 5 rings (SSSR count). The number of anilines is 3. The van der Waals surface area contributed by atoms with Crippen molar-refractivity contribution in [2.45, 2.75) is 26.2 Å². The molecule has 1 aliphatic heterocycles. The molecule has 224 valence electrons. The van der Waals surface area contributed by atoms with Crippen LogP contribution in [0.1, 0.15) is 31.2 Å². The number of hydrogen-bond acceptors (Lipinski definition) is 8. The summed E-state index contributed by atoms with van der Waals surface area (Å²) < 4.78 is 8.39. The molecule has 2 unspecified atom stereocenters. The zero-order valence-corrected chi connectivity index (χ0v) is 25.5. The SMILES string of the molecule is CC1C(C)[C@@H](CNC(=S)NCCN(C)c2ccc(/C=C/C=C/c3ccc(N)cc3)cc2)O[C@H]1n1cnc2c(N)ncnc21. The number of nitrogen functional groups attached to an aromatic ring is 2. The van der Waals surface area contributed by atoms with Gasteiger partial charge in [0, 0.05) is 44.0 Å². The lowest BCUT2D eigenvalue weighted by Gasteiger charge is -2.21. The topological polar surface area (TPSA) is 132 Å². The van der Waals surface area contributed by atoms with Gasteiger partial charge >= 0.3 is 0 Å². The van der Waals surface area contributed by atoms with Gasteiger partial charge in [-0.05, 0) is 53.5 Å². The summed E-state index contributed by atoms with van der Waals surface area (Å²) in [5.74, 6) is 0.927. The molecule has 2 aromatic heterocycles. The fraction of sp³-hybridized carbons (Fsp3) is 0.312. The first-order valence-electron chi connectivity index (χ1n) is 14.4. The van der Waals surface area contributed by atoms with Gasteiger partial charge in [0.2, 0.25) is 0 Å². The van der Waals surface area contributed by atoms with E-state index in [1.54, 1.807) is 6.33 Å². The Bertz CT molecular complexity index is 1580. The third-order valence-corrected chi connectivity index (χ3v) is 8.29. The lowest BCUT2D eigenvalue weighted by atomic mass is 9.92. The number of nitrogens with one attached hydrogen (secondary N) is 2. The molecule has 0 amide bonds. The van der Waals surface area contributed by atoms with E-state index in [1.807, 2.05) is 41.0 Å². The molecule has 1 aliphatic rings. The second-order valence-electron chi connectivity index (χ2n) is 10.9. The maximum atomic E-state index is 6.44. The predicted octanol–water partition coefficient (Wildman–Crippen LogP) is 4.49. The molecule has 11 heteroatoms. The average Bonchev–Trinajstić information content (AvgIpc) is 3.56. The molecule has 10 nitrogen and oxygen atoms in total. The fourth-order valence-corrected chi connectivity index (χ4v) is 5.32. The van der Waals surface area contributed by atoms with E-state index in [1.165, 1.54) is 6.33 Å². The van der Waals surface area contributed by atoms with Crippen LogP contribution >= 0.6 is 12.2 Å². The van der Waals surface area contributed by atoms with E-state index in [0.29, 0.717) is 41.1 Å². The molecule has 1 saturated heterocycles. The van der Waals surface area contributed by atoms with Crippen LogP contribution in [0.5, 0.6) is 0 Å². The molecule has 0 bridgehead atoms. The van der Waals surface area contributed by atoms with Crippen molar-refractivity contribution in [3.05, 3.63) is 84.5 Å². The van der Waals surface area contributed by atoms with E-state index < -0.39 is 0 Å². The van der Waals surface area contributed by atoms with Crippen molar-refractivity contribution in [1.29, 1.82) is 0 Å². The van der Waals surface area contributed by atoms with Gasteiger partial charge in [-0.2, -0.15) is 0 Å². The minimum Gasteiger partial charge on any atom is -0.399 e. The van der Waals surface area contributed by atoms with Gasteiger partial charge in [-0.15, -0.1) is 0 Å². The summed E-state index contributed by atoms with van der Waals surface area (Å²) in [4.78, 5) is 15.0. The van der Waals surface area contributed by atoms with Crippen LogP contribution in [0.2, 0.25) is 0 Å². The molecule has 4 aromatic rings. The normalized spacial score (nSPS) is 20.3. The molecular weight excluding hydrogens is 558 g/mol. The van der Waals surface area contributed by atoms with E-state index in [9.17, 15) is 0 Å². The molecule has 0 saturated carbocycles. The summed E-state index contributed by atoms with van der Waals surface area (Å²) in [7, 11) is 2.08. The molecule has 1 fully saturated rings. The molecule has 0 aliphatic carbocycles. The summed E-state index contributed by atoms with van der Waals surface area (Å²) in [6.07, 6.45) is 11.2. The van der Waals surface area contributed by atoms with Crippen LogP contribution in [-0.4, -0.2) is 57.4 Å². The number of nitrogens with zero attached hydrogens (tertiary/aromatic N) is 5. The average molecular weight is 598 g/mol. The molecule has 4 atom stereocenters. The summed E-state index contributed by atoms with van der Waals surface area (Å²) in [6, 6.07) is 16.3. The molecular formula is C32H39N9OS. The van der Waals surface area contributed by atoms with E-state index in [4.69, 9.17) is 28.4 Å². The van der Waals surface area contributed by atoms with Crippen LogP contribution in [0.3, 0.4) is 0 Å². The minimum atomic E-state index is -0.191. The van der Waals surface area contributed by atoms with E-state index >= 15 is 0 Å². The highest BCUT2D eigenvalue weighted by atomic mass is 32.1. The Labute approximate surface area is 257 Å². The van der Waals surface area contributed by atoms with Crippen molar-refractivity contribution in [2.24, 2.45) is 11.8 Å². The Hall–Kier alpha value is -4.48. The van der Waals surface area contributed by atoms with Crippen molar-refractivity contribution in [3.8, 4) is 0 Å². The maximum absolute atomic E-state index is 6.44. The molecule has 3 heterocycles. The first-order chi connectivity index (χ1) is 20.8. The number of nitrogens with two attached hydrogens (primary N) is 2. The number of allylic oxidation sites excluding steroid dienone is 2. The van der Waals surface area contributed by atoms with Crippen LogP contribution in [0.15, 0.2) is 73.3 Å². The van der Waals surface area contributed by atoms with Crippen LogP contribution in [0, 0.1) is 11.8 Å². The second-order valence-corrected chi connectivity index (χ2v) is 11.3. The Balaban J connectivity index is 1.04. The van der Waals surface area contributed by atoms with Crippen LogP contribution in [0.4, 0.5) is 17.2 Å². The van der Waals surface area contributed by atoms with Gasteiger partial charge in [0.05, 0.1) is 12.4 Å². The van der Waals surface area contributed by atoms with Gasteiger partial charge in [0.15, 0.2) is 16.6 Å². The van der Waals surface area contributed by atoms with Gasteiger partial charge < -0.3 is 31.7 Å². The fourth-order valence-electron chi connectivity index (χ4n) is 5.14. The number of imidazole rings is 1. The summed E-state index contributed by atoms with van der Waals surface area (Å²) in [5, 5.41) is 7.26. The predicted molar refractivity (Wildman–Crippen MR) is 179 cm³/mol. The number of fused-ring (bicyclic) bond motifs is 1. The zero-order valence-electron chi connectivity index (χ0n) is 24.7. The van der Waals surface area contributed by atoms with Crippen LogP contribution < -0.4 is 27.0 Å². The lowest BCUT2D eigenvalue weighted by Crippen LogP contribution is -2.43. The Kier molecular flexibility index (Phi) is 9.53. The second kappa shape index (κ2) is 13.7. The van der Waals surface area contributed by atoms with E-state index in [0.717, 1.165) is 29.0 Å². The molecule has 43 heavy (non-hydrogen) atoms. The van der Waals surface area contributed by atoms with E-state index in [-0.39, 0.29) is 18.2 Å². The number of rotatable bonds is 10. The first kappa shape index (κ1) is 30.0. The van der Waals surface area contributed by atoms with Crippen molar-refractivity contribution in [3.63, 3.8) is 0 Å². The number of likely N-dealkylation sites (N-methyl/N-ethyl adjacent to an activating group) is 1. The minimum absolute atomic E-state index is 0.0141. The highest BCUT2D eigenvalue weighted by Crippen LogP contribution is 2.39. The third kappa shape index (κ3) is 7.30. The molecule has 0 radical (unpaired) electrons. The first-order valence-corrected chi connectivity index (χ1v) is 14.8. The standard InChI is InChI=1S/C32H39N9OS/c1-21-22(2)31(41-20-39-28-29(34)37-19-38-30(28)41)42-27(21)18-36-32(43)35-16-17-40(3)26-14-10-24(11-15-26)7-5-4-6-23-8-12-25(33)13-9-23/h4-15,19-22,27,31H,16-18,33H2,1-3H3,(H2,34,37,38)(H2,35,36,43)/b6-4+,7-5+/t21?,22?,27-,31-/m1/s1. The van der Waals surface area contributed by atoms with Gasteiger partial charge in [-0.1, -0.05) is 62.4 Å². The summed E-state index contributed by atoms with van der Waals surface area (Å²) in [5.41, 5.74) is 17.1. The van der Waals surface area contributed by atoms with Gasteiger partial charge in [-0.25, -0.2) is 15.0 Å². The maximum Gasteiger partial charge on any atom is 0.167 e. The largest absolute Gasteiger partial charge is 0.399 e. The van der Waals surface area contributed by atoms with Crippen molar-refractivity contribution < 1.29 is 4.74 Å². The number of thiocarbonyl (C=S) groups is 1.